The maximum atomic E-state index is 13.1. The van der Waals surface area contributed by atoms with Crippen LogP contribution in [-0.4, -0.2) is 43.9 Å². The van der Waals surface area contributed by atoms with Gasteiger partial charge in [-0.3, -0.25) is 9.59 Å². The van der Waals surface area contributed by atoms with Gasteiger partial charge in [-0.2, -0.15) is 0 Å². The van der Waals surface area contributed by atoms with Gasteiger partial charge in [0.1, 0.15) is 11.5 Å². The van der Waals surface area contributed by atoms with E-state index >= 15 is 0 Å². The Morgan fingerprint density at radius 3 is 1.68 bits per heavy atom. The van der Waals surface area contributed by atoms with E-state index in [0.717, 1.165) is 11.1 Å². The van der Waals surface area contributed by atoms with Gasteiger partial charge in [-0.1, -0.05) is 36.4 Å². The Morgan fingerprint density at radius 1 is 0.857 bits per heavy atom. The van der Waals surface area contributed by atoms with Crippen molar-refractivity contribution < 1.29 is 19.1 Å². The van der Waals surface area contributed by atoms with Crippen molar-refractivity contribution in [3.8, 4) is 11.5 Å². The van der Waals surface area contributed by atoms with E-state index in [-0.39, 0.29) is 24.8 Å². The maximum absolute atomic E-state index is 13.1. The van der Waals surface area contributed by atoms with Crippen molar-refractivity contribution in [3.63, 3.8) is 0 Å². The van der Waals surface area contributed by atoms with Crippen molar-refractivity contribution in [1.29, 1.82) is 0 Å². The van der Waals surface area contributed by atoms with E-state index in [1.165, 1.54) is 6.92 Å². The Labute approximate surface area is 164 Å². The highest BCUT2D eigenvalue weighted by Crippen LogP contribution is 2.27. The zero-order chi connectivity index (χ0) is 20.1. The first-order valence-electron chi connectivity index (χ1n) is 9.01. The molecule has 2 aromatic carbocycles. The fourth-order valence-corrected chi connectivity index (χ4v) is 3.21. The average Bonchev–Trinajstić information content (AvgIpc) is 2.71. The second-order valence-corrected chi connectivity index (χ2v) is 6.53. The highest BCUT2D eigenvalue weighted by molar-refractivity contribution is 6.15. The fourth-order valence-electron chi connectivity index (χ4n) is 3.21. The van der Waals surface area contributed by atoms with Gasteiger partial charge in [-0.25, -0.2) is 0 Å². The van der Waals surface area contributed by atoms with Gasteiger partial charge in [0.05, 0.1) is 14.2 Å². The molecular formula is C23H23NO4. The van der Waals surface area contributed by atoms with E-state index in [1.54, 1.807) is 31.3 Å². The summed E-state index contributed by atoms with van der Waals surface area (Å²) in [6.45, 7) is 2.06. The predicted molar refractivity (Wildman–Crippen MR) is 109 cm³/mol. The van der Waals surface area contributed by atoms with Crippen LogP contribution in [0.3, 0.4) is 0 Å². The van der Waals surface area contributed by atoms with Crippen LogP contribution in [-0.2, 0) is 9.59 Å². The van der Waals surface area contributed by atoms with Gasteiger partial charge < -0.3 is 14.4 Å². The molecular weight excluding hydrogens is 354 g/mol. The summed E-state index contributed by atoms with van der Waals surface area (Å²) in [6, 6.07) is 15.0. The van der Waals surface area contributed by atoms with Crippen LogP contribution >= 0.6 is 0 Å². The van der Waals surface area contributed by atoms with Crippen molar-refractivity contribution in [1.82, 2.24) is 4.90 Å². The summed E-state index contributed by atoms with van der Waals surface area (Å²) < 4.78 is 10.8. The molecule has 1 aliphatic heterocycles. The molecule has 0 spiro atoms. The first kappa shape index (κ1) is 19.4. The molecule has 1 amide bonds. The molecule has 0 aliphatic carbocycles. The number of hydrogen-bond donors (Lipinski definition) is 0. The van der Waals surface area contributed by atoms with Gasteiger partial charge in [0.25, 0.3) is 0 Å². The smallest absolute Gasteiger partial charge is 0.220 e. The lowest BCUT2D eigenvalue weighted by Crippen LogP contribution is -2.40. The zero-order valence-corrected chi connectivity index (χ0v) is 16.3. The van der Waals surface area contributed by atoms with E-state index in [4.69, 9.17) is 9.47 Å². The minimum atomic E-state index is -0.0793. The Hall–Kier alpha value is -3.34. The quantitative estimate of drug-likeness (QED) is 0.764. The summed E-state index contributed by atoms with van der Waals surface area (Å²) in [5.41, 5.74) is 2.70. The van der Waals surface area contributed by atoms with Gasteiger partial charge in [-0.05, 0) is 24.3 Å². The van der Waals surface area contributed by atoms with Crippen LogP contribution in [0.1, 0.15) is 18.1 Å². The number of amides is 1. The van der Waals surface area contributed by atoms with E-state index in [9.17, 15) is 9.59 Å². The molecule has 0 bridgehead atoms. The molecule has 0 saturated carbocycles. The second-order valence-electron chi connectivity index (χ2n) is 6.53. The molecule has 2 aromatic rings. The molecule has 144 valence electrons. The number of ketones is 1. The third kappa shape index (κ3) is 4.14. The molecule has 3 rings (SSSR count). The molecule has 1 fully saturated rings. The number of rotatable bonds is 4. The molecule has 1 saturated heterocycles. The van der Waals surface area contributed by atoms with Gasteiger partial charge in [-0.15, -0.1) is 0 Å². The van der Waals surface area contributed by atoms with Gasteiger partial charge >= 0.3 is 0 Å². The number of nitrogens with zero attached hydrogens (tertiary/aromatic N) is 1. The number of carbonyl (C=O) groups is 2. The van der Waals surface area contributed by atoms with Crippen LogP contribution < -0.4 is 9.47 Å². The molecule has 0 aromatic heterocycles. The van der Waals surface area contributed by atoms with Crippen LogP contribution in [0.2, 0.25) is 0 Å². The minimum absolute atomic E-state index is 0.0747. The lowest BCUT2D eigenvalue weighted by atomic mass is 9.94. The van der Waals surface area contributed by atoms with E-state index in [1.807, 2.05) is 48.5 Å². The van der Waals surface area contributed by atoms with Crippen LogP contribution in [0.5, 0.6) is 11.5 Å². The summed E-state index contributed by atoms with van der Waals surface area (Å²) in [7, 11) is 3.18. The van der Waals surface area contributed by atoms with Crippen LogP contribution in [0.25, 0.3) is 12.2 Å². The van der Waals surface area contributed by atoms with Crippen molar-refractivity contribution in [3.05, 3.63) is 70.8 Å². The van der Waals surface area contributed by atoms with Crippen molar-refractivity contribution >= 4 is 23.8 Å². The highest BCUT2D eigenvalue weighted by atomic mass is 16.5. The SMILES string of the molecule is COc1ccccc1/C=C1\CN(C(C)=O)C/C(=C\c2ccccc2OC)C1=O. The summed E-state index contributed by atoms with van der Waals surface area (Å²) in [5, 5.41) is 0. The predicted octanol–water partition coefficient (Wildman–Crippen LogP) is 3.60. The van der Waals surface area contributed by atoms with Crippen LogP contribution in [0.4, 0.5) is 0 Å². The number of methoxy groups -OCH3 is 2. The molecule has 28 heavy (non-hydrogen) atoms. The molecule has 0 N–H and O–H groups in total. The summed E-state index contributed by atoms with van der Waals surface area (Å²) in [5.74, 6) is 1.20. The van der Waals surface area contributed by atoms with Gasteiger partial charge in [0, 0.05) is 42.3 Å². The second kappa shape index (κ2) is 8.57. The Kier molecular flexibility index (Phi) is 5.94. The monoisotopic (exact) mass is 377 g/mol. The van der Waals surface area contributed by atoms with Crippen molar-refractivity contribution in [2.75, 3.05) is 27.3 Å². The number of benzene rings is 2. The van der Waals surface area contributed by atoms with E-state index in [0.29, 0.717) is 22.6 Å². The summed E-state index contributed by atoms with van der Waals surface area (Å²) in [6.07, 6.45) is 3.60. The number of carbonyl (C=O) groups excluding carboxylic acids is 2. The van der Waals surface area contributed by atoms with E-state index < -0.39 is 0 Å². The Bertz CT molecular complexity index is 889. The maximum Gasteiger partial charge on any atom is 0.220 e. The molecule has 5 heteroatoms. The number of hydrogen-bond acceptors (Lipinski definition) is 4. The third-order valence-corrected chi connectivity index (χ3v) is 4.69. The lowest BCUT2D eigenvalue weighted by molar-refractivity contribution is -0.129. The fraction of sp³-hybridized carbons (Fsp3) is 0.217. The standard InChI is InChI=1S/C23H23NO4/c1-16(25)24-14-19(12-17-8-4-6-10-21(17)27-2)23(26)20(15-24)13-18-9-5-7-11-22(18)28-3/h4-13H,14-15H2,1-3H3/b19-12+,20-13+. The molecule has 1 heterocycles. The number of likely N-dealkylation sites (tertiary alicyclic amines) is 1. The van der Waals surface area contributed by atoms with Gasteiger partial charge in [0.15, 0.2) is 5.78 Å². The minimum Gasteiger partial charge on any atom is -0.496 e. The average molecular weight is 377 g/mol. The first-order valence-corrected chi connectivity index (χ1v) is 9.01. The highest BCUT2D eigenvalue weighted by Gasteiger charge is 2.28. The summed E-state index contributed by atoms with van der Waals surface area (Å²) in [4.78, 5) is 26.9. The topological polar surface area (TPSA) is 55.8 Å². The number of piperidine rings is 1. The zero-order valence-electron chi connectivity index (χ0n) is 16.3. The normalized spacial score (nSPS) is 17.1. The largest absolute Gasteiger partial charge is 0.496 e. The van der Waals surface area contributed by atoms with Crippen LogP contribution in [0, 0.1) is 0 Å². The summed E-state index contributed by atoms with van der Waals surface area (Å²) >= 11 is 0. The van der Waals surface area contributed by atoms with Gasteiger partial charge in [0.2, 0.25) is 5.91 Å². The molecule has 0 unspecified atom stereocenters. The third-order valence-electron chi connectivity index (χ3n) is 4.69. The Morgan fingerprint density at radius 2 is 1.29 bits per heavy atom. The van der Waals surface area contributed by atoms with E-state index in [2.05, 4.69) is 0 Å². The number of ether oxygens (including phenoxy) is 2. The van der Waals surface area contributed by atoms with Crippen molar-refractivity contribution in [2.24, 2.45) is 0 Å². The molecule has 5 nitrogen and oxygen atoms in total. The molecule has 1 aliphatic rings. The number of Topliss-reactive ketones (excluding diaryl/α,β-unsaturated/α-hetero) is 1. The van der Waals surface area contributed by atoms with Crippen molar-refractivity contribution in [2.45, 2.75) is 6.92 Å². The lowest BCUT2D eigenvalue weighted by Gasteiger charge is -2.29. The molecule has 0 atom stereocenters. The molecule has 0 radical (unpaired) electrons. The Balaban J connectivity index is 2.05. The first-order chi connectivity index (χ1) is 13.5. The number of para-hydroxylation sites is 2. The van der Waals surface area contributed by atoms with Crippen LogP contribution in [0.15, 0.2) is 59.7 Å².